The molecule has 176 valence electrons. The quantitative estimate of drug-likeness (QED) is 0.568. The lowest BCUT2D eigenvalue weighted by Crippen LogP contribution is -2.37. The van der Waals surface area contributed by atoms with Crippen molar-refractivity contribution in [3.63, 3.8) is 0 Å². The smallest absolute Gasteiger partial charge is 0.244 e. The van der Waals surface area contributed by atoms with Gasteiger partial charge in [0.15, 0.2) is 0 Å². The molecule has 0 spiro atoms. The SMILES string of the molecule is Cc1ccnc(N2CCC(=CC(=O)N[C@@H]3CCN(Cc4ccc5cc(F)ccc5c4)C3)CC2)c1. The third-order valence-electron chi connectivity index (χ3n) is 6.86. The Morgan fingerprint density at radius 2 is 1.88 bits per heavy atom. The first-order valence-corrected chi connectivity index (χ1v) is 12.1. The number of pyridine rings is 1. The van der Waals surface area contributed by atoms with Crippen molar-refractivity contribution in [2.24, 2.45) is 0 Å². The zero-order valence-electron chi connectivity index (χ0n) is 19.6. The second kappa shape index (κ2) is 9.94. The number of piperidine rings is 1. The van der Waals surface area contributed by atoms with Crippen LogP contribution in [0.25, 0.3) is 10.8 Å². The minimum absolute atomic E-state index is 0.0247. The molecule has 2 aliphatic rings. The van der Waals surface area contributed by atoms with E-state index in [0.29, 0.717) is 0 Å². The number of aryl methyl sites for hydroxylation is 1. The molecule has 5 rings (SSSR count). The summed E-state index contributed by atoms with van der Waals surface area (Å²) in [4.78, 5) is 21.8. The van der Waals surface area contributed by atoms with Crippen molar-refractivity contribution in [3.8, 4) is 0 Å². The first-order chi connectivity index (χ1) is 16.5. The number of fused-ring (bicyclic) bond motifs is 1. The van der Waals surface area contributed by atoms with Crippen LogP contribution in [0.5, 0.6) is 0 Å². The molecule has 0 bridgehead atoms. The van der Waals surface area contributed by atoms with Crippen LogP contribution >= 0.6 is 0 Å². The maximum atomic E-state index is 13.4. The van der Waals surface area contributed by atoms with E-state index in [1.54, 1.807) is 6.07 Å². The molecule has 1 aromatic heterocycles. The molecule has 6 heteroatoms. The molecule has 0 saturated carbocycles. The van der Waals surface area contributed by atoms with Gasteiger partial charge in [-0.1, -0.05) is 23.8 Å². The van der Waals surface area contributed by atoms with E-state index < -0.39 is 0 Å². The first-order valence-electron chi connectivity index (χ1n) is 12.1. The summed E-state index contributed by atoms with van der Waals surface area (Å²) in [5.74, 6) is 0.840. The first kappa shape index (κ1) is 22.5. The van der Waals surface area contributed by atoms with Gasteiger partial charge in [0.2, 0.25) is 5.91 Å². The Kier molecular flexibility index (Phi) is 6.59. The summed E-state index contributed by atoms with van der Waals surface area (Å²) in [5, 5.41) is 5.18. The van der Waals surface area contributed by atoms with Gasteiger partial charge in [-0.15, -0.1) is 0 Å². The molecule has 0 radical (unpaired) electrons. The molecule has 2 fully saturated rings. The molecular weight excluding hydrogens is 427 g/mol. The molecule has 0 aliphatic carbocycles. The van der Waals surface area contributed by atoms with Crippen LogP contribution in [-0.2, 0) is 11.3 Å². The number of likely N-dealkylation sites (tertiary alicyclic amines) is 1. The third kappa shape index (κ3) is 5.45. The van der Waals surface area contributed by atoms with Crippen molar-refractivity contribution in [1.82, 2.24) is 15.2 Å². The molecule has 2 aromatic carbocycles. The highest BCUT2D eigenvalue weighted by Gasteiger charge is 2.24. The monoisotopic (exact) mass is 458 g/mol. The minimum atomic E-state index is -0.206. The number of nitrogens with zero attached hydrogens (tertiary/aromatic N) is 3. The molecule has 5 nitrogen and oxygen atoms in total. The van der Waals surface area contributed by atoms with Crippen molar-refractivity contribution in [2.45, 2.75) is 38.8 Å². The van der Waals surface area contributed by atoms with E-state index in [9.17, 15) is 9.18 Å². The zero-order valence-corrected chi connectivity index (χ0v) is 19.6. The number of hydrogen-bond donors (Lipinski definition) is 1. The van der Waals surface area contributed by atoms with E-state index in [-0.39, 0.29) is 17.8 Å². The van der Waals surface area contributed by atoms with Gasteiger partial charge in [-0.3, -0.25) is 9.69 Å². The lowest BCUT2D eigenvalue weighted by atomic mass is 10.0. The standard InChI is InChI=1S/C28H31FN4O/c1-20-6-10-30-27(14-20)33-12-7-21(8-13-33)16-28(34)31-26-9-11-32(19-26)18-22-2-3-24-17-25(29)5-4-23(24)15-22/h2-6,10,14-17,26H,7-9,11-13,18-19H2,1H3,(H,31,34)/t26-/m1/s1. The van der Waals surface area contributed by atoms with Crippen LogP contribution in [0.3, 0.4) is 0 Å². The number of amides is 1. The average molecular weight is 459 g/mol. The zero-order chi connectivity index (χ0) is 23.5. The fourth-order valence-electron chi connectivity index (χ4n) is 5.01. The van der Waals surface area contributed by atoms with E-state index in [1.165, 1.54) is 22.8 Å². The van der Waals surface area contributed by atoms with Crippen molar-refractivity contribution in [3.05, 3.63) is 83.3 Å². The molecule has 0 unspecified atom stereocenters. The average Bonchev–Trinajstić information content (AvgIpc) is 3.26. The van der Waals surface area contributed by atoms with Crippen LogP contribution in [0.4, 0.5) is 10.2 Å². The van der Waals surface area contributed by atoms with Gasteiger partial charge >= 0.3 is 0 Å². The van der Waals surface area contributed by atoms with E-state index in [0.717, 1.165) is 68.6 Å². The van der Waals surface area contributed by atoms with Crippen LogP contribution in [0.2, 0.25) is 0 Å². The second-order valence-corrected chi connectivity index (χ2v) is 9.54. The van der Waals surface area contributed by atoms with Crippen LogP contribution in [-0.4, -0.2) is 48.0 Å². The third-order valence-corrected chi connectivity index (χ3v) is 6.86. The van der Waals surface area contributed by atoms with Crippen LogP contribution in [0, 0.1) is 12.7 Å². The Balaban J connectivity index is 1.10. The molecule has 2 saturated heterocycles. The highest BCUT2D eigenvalue weighted by atomic mass is 19.1. The molecule has 3 aromatic rings. The van der Waals surface area contributed by atoms with Gasteiger partial charge in [0.25, 0.3) is 0 Å². The molecule has 1 N–H and O–H groups in total. The summed E-state index contributed by atoms with van der Waals surface area (Å²) < 4.78 is 13.4. The van der Waals surface area contributed by atoms with Gasteiger partial charge in [0.05, 0.1) is 0 Å². The number of benzene rings is 2. The number of carbonyl (C=O) groups excluding carboxylic acids is 1. The van der Waals surface area contributed by atoms with Crippen molar-refractivity contribution >= 4 is 22.5 Å². The summed E-state index contributed by atoms with van der Waals surface area (Å²) in [7, 11) is 0. The number of rotatable bonds is 5. The van der Waals surface area contributed by atoms with E-state index >= 15 is 0 Å². The van der Waals surface area contributed by atoms with Crippen LogP contribution in [0.1, 0.15) is 30.4 Å². The van der Waals surface area contributed by atoms with E-state index in [4.69, 9.17) is 0 Å². The topological polar surface area (TPSA) is 48.5 Å². The Bertz CT molecular complexity index is 1210. The van der Waals surface area contributed by atoms with Gasteiger partial charge in [-0.2, -0.15) is 0 Å². The number of aromatic nitrogens is 1. The summed E-state index contributed by atoms with van der Waals surface area (Å²) in [6.45, 7) is 6.52. The van der Waals surface area contributed by atoms with Gasteiger partial charge in [-0.05, 0) is 78.4 Å². The maximum absolute atomic E-state index is 13.4. The number of anilines is 1. The summed E-state index contributed by atoms with van der Waals surface area (Å²) >= 11 is 0. The second-order valence-electron chi connectivity index (χ2n) is 9.54. The molecule has 2 aliphatic heterocycles. The molecule has 3 heterocycles. The Morgan fingerprint density at radius 1 is 1.09 bits per heavy atom. The van der Waals surface area contributed by atoms with Gasteiger partial charge in [0, 0.05) is 51.0 Å². The largest absolute Gasteiger partial charge is 0.356 e. The Morgan fingerprint density at radius 3 is 2.71 bits per heavy atom. The molecular formula is C28H31FN4O. The van der Waals surface area contributed by atoms with E-state index in [2.05, 4.69) is 45.2 Å². The van der Waals surface area contributed by atoms with Crippen LogP contribution in [0.15, 0.2) is 66.4 Å². The normalized spacial score (nSPS) is 18.9. The highest BCUT2D eigenvalue weighted by molar-refractivity contribution is 5.88. The molecule has 34 heavy (non-hydrogen) atoms. The van der Waals surface area contributed by atoms with Gasteiger partial charge in [0.1, 0.15) is 11.6 Å². The maximum Gasteiger partial charge on any atom is 0.244 e. The van der Waals surface area contributed by atoms with E-state index in [1.807, 2.05) is 30.5 Å². The highest BCUT2D eigenvalue weighted by Crippen LogP contribution is 2.23. The van der Waals surface area contributed by atoms with Crippen molar-refractivity contribution < 1.29 is 9.18 Å². The minimum Gasteiger partial charge on any atom is -0.356 e. The van der Waals surface area contributed by atoms with Crippen molar-refractivity contribution in [2.75, 3.05) is 31.1 Å². The lowest BCUT2D eigenvalue weighted by molar-refractivity contribution is -0.117. The molecule has 1 atom stereocenters. The van der Waals surface area contributed by atoms with Gasteiger partial charge < -0.3 is 10.2 Å². The van der Waals surface area contributed by atoms with Crippen LogP contribution < -0.4 is 10.2 Å². The fourth-order valence-corrected chi connectivity index (χ4v) is 5.01. The van der Waals surface area contributed by atoms with Crippen molar-refractivity contribution in [1.29, 1.82) is 0 Å². The number of hydrogen-bond acceptors (Lipinski definition) is 4. The fraction of sp³-hybridized carbons (Fsp3) is 0.357. The number of carbonyl (C=O) groups is 1. The predicted molar refractivity (Wildman–Crippen MR) is 134 cm³/mol. The predicted octanol–water partition coefficient (Wildman–Crippen LogP) is 4.60. The lowest BCUT2D eigenvalue weighted by Gasteiger charge is -2.29. The Hall–Kier alpha value is -3.25. The number of nitrogens with one attached hydrogen (secondary N) is 1. The summed E-state index contributed by atoms with van der Waals surface area (Å²) in [5.41, 5.74) is 3.64. The summed E-state index contributed by atoms with van der Waals surface area (Å²) in [6.07, 6.45) is 6.42. The van der Waals surface area contributed by atoms with Gasteiger partial charge in [-0.25, -0.2) is 9.37 Å². The number of halogens is 1. The Labute approximate surface area is 200 Å². The molecule has 1 amide bonds. The summed E-state index contributed by atoms with van der Waals surface area (Å²) in [6, 6.07) is 15.4.